The molecule has 100 valence electrons. The van der Waals surface area contributed by atoms with E-state index in [1.165, 1.54) is 12.1 Å². The number of benzene rings is 1. The lowest BCUT2D eigenvalue weighted by Gasteiger charge is -2.11. The monoisotopic (exact) mass is 261 g/mol. The van der Waals surface area contributed by atoms with E-state index in [0.717, 1.165) is 24.4 Å². The van der Waals surface area contributed by atoms with Gasteiger partial charge in [-0.05, 0) is 12.5 Å². The first-order valence-electron chi connectivity index (χ1n) is 6.08. The van der Waals surface area contributed by atoms with Gasteiger partial charge in [0.15, 0.2) is 0 Å². The average molecular weight is 261 g/mol. The fraction of sp³-hybridized carbons (Fsp3) is 0.308. The van der Waals surface area contributed by atoms with Crippen LogP contribution in [0.1, 0.15) is 24.7 Å². The van der Waals surface area contributed by atoms with Crippen molar-refractivity contribution >= 4 is 5.69 Å². The van der Waals surface area contributed by atoms with E-state index in [4.69, 9.17) is 0 Å². The third-order valence-electron chi connectivity index (χ3n) is 2.89. The molecule has 1 N–H and O–H groups in total. The molecule has 0 saturated carbocycles. The Kier molecular flexibility index (Phi) is 3.91. The molecule has 0 spiro atoms. The van der Waals surface area contributed by atoms with Crippen molar-refractivity contribution in [2.24, 2.45) is 0 Å². The highest BCUT2D eigenvalue weighted by atomic mass is 16.6. The highest BCUT2D eigenvalue weighted by Crippen LogP contribution is 2.22. The highest BCUT2D eigenvalue weighted by Gasteiger charge is 2.13. The van der Waals surface area contributed by atoms with Crippen LogP contribution in [0.5, 0.6) is 0 Å². The van der Waals surface area contributed by atoms with Crippen molar-refractivity contribution < 1.29 is 10.0 Å². The molecule has 2 rings (SSSR count). The van der Waals surface area contributed by atoms with Gasteiger partial charge in [0.1, 0.15) is 5.82 Å². The topological polar surface area (TPSA) is 81.2 Å². The summed E-state index contributed by atoms with van der Waals surface area (Å²) in [5.74, 6) is 0.881. The Morgan fingerprint density at radius 3 is 2.89 bits per heavy atom. The summed E-state index contributed by atoms with van der Waals surface area (Å²) in [5.41, 5.74) is 1.23. The van der Waals surface area contributed by atoms with Crippen molar-refractivity contribution in [2.45, 2.75) is 26.4 Å². The molecule has 0 aliphatic carbocycles. The number of hydrogen-bond donors (Lipinski definition) is 1. The molecule has 0 fully saturated rings. The Hall–Kier alpha value is -2.21. The number of nitrogens with zero attached hydrogens (tertiary/aromatic N) is 3. The van der Waals surface area contributed by atoms with Crippen LogP contribution >= 0.6 is 0 Å². The first-order valence-corrected chi connectivity index (χ1v) is 6.08. The zero-order chi connectivity index (χ0) is 13.8. The van der Waals surface area contributed by atoms with Crippen molar-refractivity contribution in [3.05, 3.63) is 52.1 Å². The molecular weight excluding hydrogens is 246 g/mol. The lowest BCUT2D eigenvalue weighted by molar-refractivity contribution is -0.384. The number of aliphatic hydroxyl groups excluding tert-OH is 1. The maximum atomic E-state index is 10.7. The second-order valence-corrected chi connectivity index (χ2v) is 4.19. The standard InChI is InChI=1S/C13H15N3O3/c1-2-3-13-14-6-7-15(13)12-5-4-11(16(18)19)8-10(12)9-17/h4-8,17H,2-3,9H2,1H3. The Bertz CT molecular complexity index is 593. The predicted octanol–water partition coefficient (Wildman–Crippen LogP) is 2.23. The Balaban J connectivity index is 2.49. The molecule has 1 aromatic carbocycles. The summed E-state index contributed by atoms with van der Waals surface area (Å²) >= 11 is 0. The maximum absolute atomic E-state index is 10.7. The minimum atomic E-state index is -0.468. The summed E-state index contributed by atoms with van der Waals surface area (Å²) in [6.45, 7) is 1.81. The van der Waals surface area contributed by atoms with Crippen LogP contribution in [0.3, 0.4) is 0 Å². The minimum absolute atomic E-state index is 0.0232. The Labute approximate surface area is 110 Å². The van der Waals surface area contributed by atoms with Gasteiger partial charge in [0.2, 0.25) is 0 Å². The first kappa shape index (κ1) is 13.2. The molecule has 19 heavy (non-hydrogen) atoms. The largest absolute Gasteiger partial charge is 0.392 e. The molecule has 0 saturated heterocycles. The van der Waals surface area contributed by atoms with Crippen LogP contribution in [0, 0.1) is 10.1 Å². The van der Waals surface area contributed by atoms with E-state index in [2.05, 4.69) is 11.9 Å². The van der Waals surface area contributed by atoms with Crippen molar-refractivity contribution in [3.8, 4) is 5.69 Å². The van der Waals surface area contributed by atoms with E-state index >= 15 is 0 Å². The van der Waals surface area contributed by atoms with Crippen LogP contribution in [-0.2, 0) is 13.0 Å². The van der Waals surface area contributed by atoms with Gasteiger partial charge in [-0.2, -0.15) is 0 Å². The summed E-state index contributed by atoms with van der Waals surface area (Å²) in [5, 5.41) is 20.1. The van der Waals surface area contributed by atoms with Crippen LogP contribution in [-0.4, -0.2) is 19.6 Å². The molecule has 0 aliphatic rings. The second kappa shape index (κ2) is 5.62. The number of nitro benzene ring substituents is 1. The van der Waals surface area contributed by atoms with Crippen molar-refractivity contribution in [1.29, 1.82) is 0 Å². The van der Waals surface area contributed by atoms with Crippen molar-refractivity contribution in [2.75, 3.05) is 0 Å². The van der Waals surface area contributed by atoms with Gasteiger partial charge in [0.05, 0.1) is 17.2 Å². The average Bonchev–Trinajstić information content (AvgIpc) is 2.86. The van der Waals surface area contributed by atoms with E-state index in [9.17, 15) is 15.2 Å². The van der Waals surface area contributed by atoms with E-state index in [-0.39, 0.29) is 12.3 Å². The fourth-order valence-corrected chi connectivity index (χ4v) is 2.01. The number of aliphatic hydroxyl groups is 1. The summed E-state index contributed by atoms with van der Waals surface area (Å²) < 4.78 is 1.86. The lowest BCUT2D eigenvalue weighted by Crippen LogP contribution is -2.04. The number of rotatable bonds is 5. The van der Waals surface area contributed by atoms with Gasteiger partial charge in [0, 0.05) is 36.5 Å². The minimum Gasteiger partial charge on any atom is -0.392 e. The van der Waals surface area contributed by atoms with E-state index < -0.39 is 4.92 Å². The molecule has 2 aromatic rings. The zero-order valence-corrected chi connectivity index (χ0v) is 10.6. The van der Waals surface area contributed by atoms with Gasteiger partial charge < -0.3 is 9.67 Å². The molecule has 0 amide bonds. The van der Waals surface area contributed by atoms with Crippen LogP contribution in [0.2, 0.25) is 0 Å². The molecule has 6 heteroatoms. The molecular formula is C13H15N3O3. The molecule has 0 aliphatic heterocycles. The molecule has 0 radical (unpaired) electrons. The third-order valence-corrected chi connectivity index (χ3v) is 2.89. The number of aryl methyl sites for hydroxylation is 1. The Morgan fingerprint density at radius 1 is 1.47 bits per heavy atom. The fourth-order valence-electron chi connectivity index (χ4n) is 2.01. The van der Waals surface area contributed by atoms with Crippen molar-refractivity contribution in [1.82, 2.24) is 9.55 Å². The quantitative estimate of drug-likeness (QED) is 0.661. The maximum Gasteiger partial charge on any atom is 0.269 e. The zero-order valence-electron chi connectivity index (χ0n) is 10.6. The van der Waals surface area contributed by atoms with Gasteiger partial charge in [-0.15, -0.1) is 0 Å². The molecule has 1 aromatic heterocycles. The van der Waals surface area contributed by atoms with Gasteiger partial charge >= 0.3 is 0 Å². The molecule has 0 atom stereocenters. The first-order chi connectivity index (χ1) is 9.17. The number of non-ortho nitro benzene ring substituents is 1. The predicted molar refractivity (Wildman–Crippen MR) is 70.1 cm³/mol. The number of aromatic nitrogens is 2. The summed E-state index contributed by atoms with van der Waals surface area (Å²) in [4.78, 5) is 14.5. The van der Waals surface area contributed by atoms with Gasteiger partial charge in [0.25, 0.3) is 5.69 Å². The third kappa shape index (κ3) is 2.63. The van der Waals surface area contributed by atoms with E-state index in [0.29, 0.717) is 5.56 Å². The second-order valence-electron chi connectivity index (χ2n) is 4.19. The molecule has 6 nitrogen and oxygen atoms in total. The van der Waals surface area contributed by atoms with Crippen LogP contribution < -0.4 is 0 Å². The van der Waals surface area contributed by atoms with Crippen LogP contribution in [0.4, 0.5) is 5.69 Å². The van der Waals surface area contributed by atoms with Crippen LogP contribution in [0.15, 0.2) is 30.6 Å². The molecule has 0 bridgehead atoms. The van der Waals surface area contributed by atoms with Crippen molar-refractivity contribution in [3.63, 3.8) is 0 Å². The SMILES string of the molecule is CCCc1nccn1-c1ccc([N+](=O)[O-])cc1CO. The summed E-state index contributed by atoms with van der Waals surface area (Å²) in [7, 11) is 0. The number of nitro groups is 1. The lowest BCUT2D eigenvalue weighted by atomic mass is 10.1. The van der Waals surface area contributed by atoms with E-state index in [1.807, 2.05) is 4.57 Å². The molecule has 0 unspecified atom stereocenters. The van der Waals surface area contributed by atoms with Gasteiger partial charge in [-0.1, -0.05) is 6.92 Å². The normalized spacial score (nSPS) is 10.6. The summed E-state index contributed by atoms with van der Waals surface area (Å²) in [6, 6.07) is 4.47. The van der Waals surface area contributed by atoms with E-state index in [1.54, 1.807) is 18.5 Å². The smallest absolute Gasteiger partial charge is 0.269 e. The van der Waals surface area contributed by atoms with Crippen LogP contribution in [0.25, 0.3) is 5.69 Å². The number of imidazole rings is 1. The van der Waals surface area contributed by atoms with Gasteiger partial charge in [-0.25, -0.2) is 4.98 Å². The summed E-state index contributed by atoms with van der Waals surface area (Å²) in [6.07, 6.45) is 5.26. The number of hydrogen-bond acceptors (Lipinski definition) is 4. The molecule has 1 heterocycles. The highest BCUT2D eigenvalue weighted by molar-refractivity contribution is 5.48. The Morgan fingerprint density at radius 2 is 2.26 bits per heavy atom. The van der Waals surface area contributed by atoms with Gasteiger partial charge in [-0.3, -0.25) is 10.1 Å².